The molecule has 0 aliphatic carbocycles. The van der Waals surface area contributed by atoms with Crippen molar-refractivity contribution in [1.82, 2.24) is 24.8 Å². The predicted octanol–water partition coefficient (Wildman–Crippen LogP) is 1.41. The second-order valence-corrected chi connectivity index (χ2v) is 5.90. The summed E-state index contributed by atoms with van der Waals surface area (Å²) in [5.74, 6) is 0.958. The van der Waals surface area contributed by atoms with Crippen molar-refractivity contribution in [3.05, 3.63) is 53.4 Å². The number of nitrogens with zero attached hydrogens (tertiary/aromatic N) is 5. The number of rotatable bonds is 5. The van der Waals surface area contributed by atoms with Gasteiger partial charge < -0.3 is 4.90 Å². The number of pyridine rings is 1. The maximum absolute atomic E-state index is 12.5. The van der Waals surface area contributed by atoms with Crippen LogP contribution in [-0.2, 0) is 30.8 Å². The van der Waals surface area contributed by atoms with E-state index in [0.717, 1.165) is 29.1 Å². The van der Waals surface area contributed by atoms with Gasteiger partial charge in [0, 0.05) is 43.7 Å². The van der Waals surface area contributed by atoms with E-state index in [4.69, 9.17) is 0 Å². The fourth-order valence-electron chi connectivity index (χ4n) is 2.73. The number of aryl methyl sites for hydroxylation is 1. The number of hydrogen-bond acceptors (Lipinski definition) is 5. The molecular weight excluding hydrogens is 290 g/mol. The molecule has 23 heavy (non-hydrogen) atoms. The van der Waals surface area contributed by atoms with Crippen LogP contribution in [0, 0.1) is 0 Å². The maximum Gasteiger partial charge on any atom is 0.237 e. The van der Waals surface area contributed by atoms with Crippen molar-refractivity contribution in [1.29, 1.82) is 0 Å². The third-order valence-corrected chi connectivity index (χ3v) is 3.96. The third-order valence-electron chi connectivity index (χ3n) is 3.96. The lowest BCUT2D eigenvalue weighted by molar-refractivity contribution is -0.132. The Labute approximate surface area is 136 Å². The monoisotopic (exact) mass is 311 g/mol. The van der Waals surface area contributed by atoms with Crippen molar-refractivity contribution in [2.45, 2.75) is 33.0 Å². The maximum atomic E-state index is 12.5. The topological polar surface area (TPSA) is 62.2 Å². The third kappa shape index (κ3) is 3.71. The average molecular weight is 311 g/mol. The van der Waals surface area contributed by atoms with Crippen molar-refractivity contribution in [3.63, 3.8) is 0 Å². The van der Waals surface area contributed by atoms with Gasteiger partial charge in [-0.1, -0.05) is 13.0 Å². The Hall–Kier alpha value is -2.34. The molecule has 1 aliphatic rings. The van der Waals surface area contributed by atoms with Gasteiger partial charge in [-0.3, -0.25) is 14.7 Å². The zero-order valence-corrected chi connectivity index (χ0v) is 13.6. The predicted molar refractivity (Wildman–Crippen MR) is 86.2 cm³/mol. The van der Waals surface area contributed by atoms with Gasteiger partial charge in [0.1, 0.15) is 5.82 Å². The Morgan fingerprint density at radius 3 is 2.96 bits per heavy atom. The summed E-state index contributed by atoms with van der Waals surface area (Å²) in [6.45, 7) is 4.33. The number of aromatic nitrogens is 3. The van der Waals surface area contributed by atoms with Crippen LogP contribution in [0.1, 0.15) is 29.6 Å². The molecule has 6 heteroatoms. The molecule has 0 bridgehead atoms. The van der Waals surface area contributed by atoms with Crippen LogP contribution in [0.25, 0.3) is 0 Å². The molecule has 3 heterocycles. The molecule has 0 radical (unpaired) electrons. The van der Waals surface area contributed by atoms with E-state index in [-0.39, 0.29) is 5.91 Å². The van der Waals surface area contributed by atoms with Gasteiger partial charge in [0.2, 0.25) is 5.91 Å². The van der Waals surface area contributed by atoms with Crippen LogP contribution in [0.2, 0.25) is 0 Å². The van der Waals surface area contributed by atoms with Gasteiger partial charge in [-0.15, -0.1) is 0 Å². The number of carbonyl (C=O) groups excluding carboxylic acids is 1. The molecule has 0 atom stereocenters. The molecule has 1 amide bonds. The second kappa shape index (κ2) is 6.83. The molecule has 0 unspecified atom stereocenters. The molecule has 2 aromatic heterocycles. The lowest BCUT2D eigenvalue weighted by Gasteiger charge is -2.21. The normalized spacial score (nSPS) is 13.4. The molecule has 0 aromatic carbocycles. The molecule has 0 spiro atoms. The highest BCUT2D eigenvalue weighted by Gasteiger charge is 2.25. The smallest absolute Gasteiger partial charge is 0.237 e. The van der Waals surface area contributed by atoms with Crippen molar-refractivity contribution in [2.75, 3.05) is 13.6 Å². The number of amides is 1. The molecule has 6 nitrogen and oxygen atoms in total. The first-order chi connectivity index (χ1) is 11.2. The van der Waals surface area contributed by atoms with E-state index in [1.165, 1.54) is 0 Å². The van der Waals surface area contributed by atoms with Gasteiger partial charge in [0.15, 0.2) is 0 Å². The lowest BCUT2D eigenvalue weighted by Crippen LogP contribution is -2.35. The van der Waals surface area contributed by atoms with Crippen LogP contribution in [0.4, 0.5) is 0 Å². The van der Waals surface area contributed by atoms with Gasteiger partial charge >= 0.3 is 0 Å². The van der Waals surface area contributed by atoms with Gasteiger partial charge in [0.05, 0.1) is 18.8 Å². The summed E-state index contributed by atoms with van der Waals surface area (Å²) in [6, 6.07) is 3.92. The molecule has 0 saturated carbocycles. The number of likely N-dealkylation sites (N-methyl/N-ethyl adjacent to an activating group) is 1. The summed E-state index contributed by atoms with van der Waals surface area (Å²) in [5, 5.41) is 0. The zero-order valence-electron chi connectivity index (χ0n) is 13.6. The number of fused-ring (bicyclic) bond motifs is 1. The Morgan fingerprint density at radius 2 is 2.22 bits per heavy atom. The van der Waals surface area contributed by atoms with E-state index in [2.05, 4.69) is 15.0 Å². The second-order valence-electron chi connectivity index (χ2n) is 5.90. The summed E-state index contributed by atoms with van der Waals surface area (Å²) >= 11 is 0. The van der Waals surface area contributed by atoms with E-state index < -0.39 is 0 Å². The summed E-state index contributed by atoms with van der Waals surface area (Å²) < 4.78 is 0. The summed E-state index contributed by atoms with van der Waals surface area (Å²) in [5.41, 5.74) is 3.15. The Morgan fingerprint density at radius 1 is 1.35 bits per heavy atom. The highest BCUT2D eigenvalue weighted by atomic mass is 16.2. The van der Waals surface area contributed by atoms with E-state index in [0.29, 0.717) is 26.2 Å². The quantitative estimate of drug-likeness (QED) is 0.835. The van der Waals surface area contributed by atoms with E-state index in [1.54, 1.807) is 6.20 Å². The average Bonchev–Trinajstić information content (AvgIpc) is 2.98. The van der Waals surface area contributed by atoms with E-state index in [1.807, 2.05) is 48.3 Å². The highest BCUT2D eigenvalue weighted by molar-refractivity contribution is 5.78. The molecule has 0 fully saturated rings. The van der Waals surface area contributed by atoms with E-state index in [9.17, 15) is 4.79 Å². The Balaban J connectivity index is 1.57. The van der Waals surface area contributed by atoms with Crippen LogP contribution in [0.3, 0.4) is 0 Å². The standard InChI is InChI=1S/C17H21N5O/c1-3-16-19-8-14-10-22(11-15(14)20-16)17(23)12-21(2)9-13-5-4-6-18-7-13/h4-8H,3,9-12H2,1-2H3. The molecular formula is C17H21N5O. The SMILES string of the molecule is CCc1ncc2c(n1)CN(C(=O)CN(C)Cc1cccnc1)C2. The fraction of sp³-hybridized carbons (Fsp3) is 0.412. The Bertz CT molecular complexity index is 689. The van der Waals surface area contributed by atoms with Gasteiger partial charge in [0.25, 0.3) is 0 Å². The van der Waals surface area contributed by atoms with Crippen molar-refractivity contribution < 1.29 is 4.79 Å². The summed E-state index contributed by atoms with van der Waals surface area (Å²) in [4.78, 5) is 29.3. The first kappa shape index (κ1) is 15.6. The Kier molecular flexibility index (Phi) is 4.62. The highest BCUT2D eigenvalue weighted by Crippen LogP contribution is 2.20. The molecule has 0 N–H and O–H groups in total. The van der Waals surface area contributed by atoms with Crippen LogP contribution in [-0.4, -0.2) is 44.3 Å². The van der Waals surface area contributed by atoms with Crippen LogP contribution in [0.15, 0.2) is 30.7 Å². The minimum absolute atomic E-state index is 0.118. The molecule has 120 valence electrons. The minimum Gasteiger partial charge on any atom is -0.331 e. The first-order valence-electron chi connectivity index (χ1n) is 7.84. The number of carbonyl (C=O) groups is 1. The largest absolute Gasteiger partial charge is 0.331 e. The van der Waals surface area contributed by atoms with Crippen LogP contribution < -0.4 is 0 Å². The molecule has 2 aromatic rings. The summed E-state index contributed by atoms with van der Waals surface area (Å²) in [6.07, 6.45) is 6.25. The minimum atomic E-state index is 0.118. The van der Waals surface area contributed by atoms with Crippen molar-refractivity contribution >= 4 is 5.91 Å². The first-order valence-corrected chi connectivity index (χ1v) is 7.84. The van der Waals surface area contributed by atoms with Gasteiger partial charge in [-0.05, 0) is 18.7 Å². The van der Waals surface area contributed by atoms with Crippen LogP contribution >= 0.6 is 0 Å². The molecule has 0 saturated heterocycles. The van der Waals surface area contributed by atoms with E-state index >= 15 is 0 Å². The van der Waals surface area contributed by atoms with Gasteiger partial charge in [-0.25, -0.2) is 9.97 Å². The number of hydrogen-bond donors (Lipinski definition) is 0. The van der Waals surface area contributed by atoms with Crippen LogP contribution in [0.5, 0.6) is 0 Å². The lowest BCUT2D eigenvalue weighted by atomic mass is 10.2. The van der Waals surface area contributed by atoms with Gasteiger partial charge in [-0.2, -0.15) is 0 Å². The van der Waals surface area contributed by atoms with Crippen molar-refractivity contribution in [3.8, 4) is 0 Å². The molecule has 1 aliphatic heterocycles. The zero-order chi connectivity index (χ0) is 16.2. The van der Waals surface area contributed by atoms with Crippen molar-refractivity contribution in [2.24, 2.45) is 0 Å². The molecule has 3 rings (SSSR count). The summed E-state index contributed by atoms with van der Waals surface area (Å²) in [7, 11) is 1.95. The fourth-order valence-corrected chi connectivity index (χ4v) is 2.73.